The fraction of sp³-hybridized carbons (Fsp3) is 0.188. The molecule has 0 saturated carbocycles. The normalized spacial score (nSPS) is 10.0. The lowest BCUT2D eigenvalue weighted by Crippen LogP contribution is -2.28. The first-order valence-corrected chi connectivity index (χ1v) is 6.50. The standard InChI is InChI=1S/C16H16FNO3/c1-20-13-6-4-5-12(11-13)16(19)18-9-10-21-15-8-3-2-7-14(15)17/h2-8,11H,9-10H2,1H3,(H,18,19). The number of rotatable bonds is 6. The third-order valence-electron chi connectivity index (χ3n) is 2.81. The van der Waals surface area contributed by atoms with Crippen molar-refractivity contribution in [2.45, 2.75) is 0 Å². The summed E-state index contributed by atoms with van der Waals surface area (Å²) < 4.78 is 23.6. The molecule has 0 aliphatic rings. The monoisotopic (exact) mass is 289 g/mol. The van der Waals surface area contributed by atoms with Crippen molar-refractivity contribution in [3.63, 3.8) is 0 Å². The number of benzene rings is 2. The van der Waals surface area contributed by atoms with Gasteiger partial charge in [0.2, 0.25) is 0 Å². The molecule has 21 heavy (non-hydrogen) atoms. The van der Waals surface area contributed by atoms with Crippen molar-refractivity contribution in [2.75, 3.05) is 20.3 Å². The Bertz CT molecular complexity index is 616. The van der Waals surface area contributed by atoms with E-state index in [-0.39, 0.29) is 24.8 Å². The van der Waals surface area contributed by atoms with E-state index >= 15 is 0 Å². The summed E-state index contributed by atoms with van der Waals surface area (Å²) in [5.74, 6) is 0.140. The maximum Gasteiger partial charge on any atom is 0.251 e. The van der Waals surface area contributed by atoms with Crippen molar-refractivity contribution in [3.8, 4) is 11.5 Å². The van der Waals surface area contributed by atoms with Crippen molar-refractivity contribution in [3.05, 3.63) is 59.9 Å². The van der Waals surface area contributed by atoms with E-state index in [1.54, 1.807) is 49.6 Å². The summed E-state index contributed by atoms with van der Waals surface area (Å²) in [5.41, 5.74) is 0.500. The van der Waals surface area contributed by atoms with Crippen molar-refractivity contribution >= 4 is 5.91 Å². The fourth-order valence-corrected chi connectivity index (χ4v) is 1.75. The van der Waals surface area contributed by atoms with Gasteiger partial charge >= 0.3 is 0 Å². The van der Waals surface area contributed by atoms with Crippen LogP contribution in [0.1, 0.15) is 10.4 Å². The molecule has 2 rings (SSSR count). The minimum absolute atomic E-state index is 0.174. The predicted molar refractivity (Wildman–Crippen MR) is 77.2 cm³/mol. The van der Waals surface area contributed by atoms with Crippen molar-refractivity contribution in [1.29, 1.82) is 0 Å². The van der Waals surface area contributed by atoms with E-state index in [0.29, 0.717) is 11.3 Å². The molecule has 2 aromatic rings. The molecule has 0 spiro atoms. The average Bonchev–Trinajstić information content (AvgIpc) is 2.53. The van der Waals surface area contributed by atoms with Gasteiger partial charge in [-0.3, -0.25) is 4.79 Å². The summed E-state index contributed by atoms with van der Waals surface area (Å²) in [7, 11) is 1.54. The molecule has 0 aliphatic carbocycles. The molecule has 4 nitrogen and oxygen atoms in total. The van der Waals surface area contributed by atoms with E-state index in [9.17, 15) is 9.18 Å². The number of para-hydroxylation sites is 1. The van der Waals surface area contributed by atoms with Crippen LogP contribution < -0.4 is 14.8 Å². The second kappa shape index (κ2) is 7.28. The average molecular weight is 289 g/mol. The highest BCUT2D eigenvalue weighted by Crippen LogP contribution is 2.15. The molecule has 5 heteroatoms. The Morgan fingerprint density at radius 2 is 2.00 bits per heavy atom. The smallest absolute Gasteiger partial charge is 0.251 e. The Morgan fingerprint density at radius 3 is 2.76 bits per heavy atom. The molecule has 0 radical (unpaired) electrons. The van der Waals surface area contributed by atoms with Crippen LogP contribution in [0.3, 0.4) is 0 Å². The maximum atomic E-state index is 13.3. The SMILES string of the molecule is COc1cccc(C(=O)NCCOc2ccccc2F)c1. The van der Waals surface area contributed by atoms with E-state index in [4.69, 9.17) is 9.47 Å². The summed E-state index contributed by atoms with van der Waals surface area (Å²) in [6, 6.07) is 13.0. The van der Waals surface area contributed by atoms with Gasteiger partial charge in [0, 0.05) is 5.56 Å². The van der Waals surface area contributed by atoms with Crippen LogP contribution in [0.2, 0.25) is 0 Å². The molecule has 0 bridgehead atoms. The van der Waals surface area contributed by atoms with Gasteiger partial charge < -0.3 is 14.8 Å². The Hall–Kier alpha value is -2.56. The first-order valence-electron chi connectivity index (χ1n) is 6.50. The van der Waals surface area contributed by atoms with Gasteiger partial charge in [-0.25, -0.2) is 4.39 Å². The van der Waals surface area contributed by atoms with Gasteiger partial charge in [-0.1, -0.05) is 18.2 Å². The van der Waals surface area contributed by atoms with E-state index in [1.165, 1.54) is 6.07 Å². The highest BCUT2D eigenvalue weighted by atomic mass is 19.1. The van der Waals surface area contributed by atoms with Gasteiger partial charge in [0.25, 0.3) is 5.91 Å². The first-order chi connectivity index (χ1) is 10.2. The lowest BCUT2D eigenvalue weighted by molar-refractivity contribution is 0.0946. The zero-order chi connectivity index (χ0) is 15.1. The number of hydrogen-bond acceptors (Lipinski definition) is 3. The van der Waals surface area contributed by atoms with Crippen LogP contribution in [-0.4, -0.2) is 26.2 Å². The van der Waals surface area contributed by atoms with Gasteiger partial charge in [0.1, 0.15) is 12.4 Å². The molecule has 0 unspecified atom stereocenters. The van der Waals surface area contributed by atoms with Gasteiger partial charge in [0.05, 0.1) is 13.7 Å². The fourth-order valence-electron chi connectivity index (χ4n) is 1.75. The number of halogens is 1. The van der Waals surface area contributed by atoms with Crippen molar-refractivity contribution in [2.24, 2.45) is 0 Å². The predicted octanol–water partition coefficient (Wildman–Crippen LogP) is 2.64. The van der Waals surface area contributed by atoms with Crippen LogP contribution in [0.25, 0.3) is 0 Å². The van der Waals surface area contributed by atoms with Gasteiger partial charge in [-0.2, -0.15) is 0 Å². The van der Waals surface area contributed by atoms with Crippen LogP contribution in [0.5, 0.6) is 11.5 Å². The molecule has 0 aliphatic heterocycles. The molecule has 1 amide bonds. The Labute approximate surface area is 122 Å². The zero-order valence-electron chi connectivity index (χ0n) is 11.6. The molecule has 0 heterocycles. The maximum absolute atomic E-state index is 13.3. The number of methoxy groups -OCH3 is 1. The molecule has 0 saturated heterocycles. The summed E-state index contributed by atoms with van der Waals surface area (Å²) in [6.45, 7) is 0.473. The summed E-state index contributed by atoms with van der Waals surface area (Å²) in [6.07, 6.45) is 0. The van der Waals surface area contributed by atoms with Gasteiger partial charge in [-0.15, -0.1) is 0 Å². The summed E-state index contributed by atoms with van der Waals surface area (Å²) >= 11 is 0. The molecule has 2 aromatic carbocycles. The Balaban J connectivity index is 1.80. The first kappa shape index (κ1) is 14.8. The largest absolute Gasteiger partial charge is 0.497 e. The molecule has 0 fully saturated rings. The molecule has 110 valence electrons. The van der Waals surface area contributed by atoms with E-state index in [2.05, 4.69) is 5.32 Å². The van der Waals surface area contributed by atoms with Crippen molar-refractivity contribution < 1.29 is 18.7 Å². The van der Waals surface area contributed by atoms with Crippen molar-refractivity contribution in [1.82, 2.24) is 5.32 Å². The van der Waals surface area contributed by atoms with Crippen LogP contribution in [-0.2, 0) is 0 Å². The molecular weight excluding hydrogens is 273 g/mol. The van der Waals surface area contributed by atoms with Crippen LogP contribution >= 0.6 is 0 Å². The second-order valence-corrected chi connectivity index (χ2v) is 4.27. The topological polar surface area (TPSA) is 47.6 Å². The molecule has 0 atom stereocenters. The molecule has 0 aromatic heterocycles. The van der Waals surface area contributed by atoms with Crippen LogP contribution in [0.4, 0.5) is 4.39 Å². The number of carbonyl (C=O) groups is 1. The Morgan fingerprint density at radius 1 is 1.19 bits per heavy atom. The third-order valence-corrected chi connectivity index (χ3v) is 2.81. The number of hydrogen-bond donors (Lipinski definition) is 1. The van der Waals surface area contributed by atoms with Gasteiger partial charge in [-0.05, 0) is 30.3 Å². The third kappa shape index (κ3) is 4.21. The number of nitrogens with one attached hydrogen (secondary N) is 1. The van der Waals surface area contributed by atoms with E-state index < -0.39 is 5.82 Å². The molecular formula is C16H16FNO3. The van der Waals surface area contributed by atoms with Crippen LogP contribution in [0.15, 0.2) is 48.5 Å². The minimum Gasteiger partial charge on any atom is -0.497 e. The number of amides is 1. The van der Waals surface area contributed by atoms with E-state index in [1.807, 2.05) is 0 Å². The highest BCUT2D eigenvalue weighted by molar-refractivity contribution is 5.94. The number of ether oxygens (including phenoxy) is 2. The highest BCUT2D eigenvalue weighted by Gasteiger charge is 2.06. The lowest BCUT2D eigenvalue weighted by Gasteiger charge is -2.09. The summed E-state index contributed by atoms with van der Waals surface area (Å²) in [5, 5.41) is 2.70. The number of carbonyl (C=O) groups excluding carboxylic acids is 1. The molecule has 1 N–H and O–H groups in total. The zero-order valence-corrected chi connectivity index (χ0v) is 11.6. The van der Waals surface area contributed by atoms with Crippen LogP contribution in [0, 0.1) is 5.82 Å². The lowest BCUT2D eigenvalue weighted by atomic mass is 10.2. The Kier molecular flexibility index (Phi) is 5.15. The summed E-state index contributed by atoms with van der Waals surface area (Å²) in [4.78, 5) is 11.9. The van der Waals surface area contributed by atoms with Gasteiger partial charge in [0.15, 0.2) is 11.6 Å². The quantitative estimate of drug-likeness (QED) is 0.832. The minimum atomic E-state index is -0.420. The van der Waals surface area contributed by atoms with E-state index in [0.717, 1.165) is 0 Å². The second-order valence-electron chi connectivity index (χ2n) is 4.27.